The van der Waals surface area contributed by atoms with Crippen LogP contribution < -0.4 is 5.46 Å². The molecule has 6 aromatic carbocycles. The van der Waals surface area contributed by atoms with Gasteiger partial charge in [-0.25, -0.2) is 0 Å². The molecule has 7 aromatic rings. The number of rotatable bonds is 2. The molecule has 2 heterocycles. The van der Waals surface area contributed by atoms with Gasteiger partial charge in [0.1, 0.15) is 11.2 Å². The molecule has 0 aliphatic carbocycles. The fraction of sp³-hybridized carbons (Fsp3) is 0.167. The summed E-state index contributed by atoms with van der Waals surface area (Å²) in [5.74, 6) is 0. The Kier molecular flexibility index (Phi) is 4.87. The molecule has 1 fully saturated rings. The number of benzene rings is 6. The number of hydrogen-bond acceptors (Lipinski definition) is 3. The normalized spacial score (nSPS) is 16.6. The second-order valence-electron chi connectivity index (χ2n) is 12.0. The van der Waals surface area contributed by atoms with Crippen LogP contribution in [0.15, 0.2) is 108 Å². The third kappa shape index (κ3) is 3.33. The molecule has 0 radical (unpaired) electrons. The highest BCUT2D eigenvalue weighted by atomic mass is 16.7. The standard InChI is InChI=1S/C36H29BO3/c1-35(2)36(3,4)40-37(39-35)23-17-19-30-33(21-23)38-32-15-9-14-24(34(30)32)22-16-18-29-27-12-6-5-10-25(27)26-11-7-8-13-28(26)31(29)20-22/h5-21H,1-4H3. The fourth-order valence-corrected chi connectivity index (χ4v) is 6.28. The molecule has 0 unspecified atom stereocenters. The highest BCUT2D eigenvalue weighted by Gasteiger charge is 2.51. The maximum atomic E-state index is 6.42. The van der Waals surface area contributed by atoms with Crippen molar-refractivity contribution in [3.05, 3.63) is 103 Å². The molecule has 0 bridgehead atoms. The Bertz CT molecular complexity index is 2080. The average Bonchev–Trinajstić information content (AvgIpc) is 3.45. The first kappa shape index (κ1) is 23.7. The summed E-state index contributed by atoms with van der Waals surface area (Å²) in [6.07, 6.45) is 0. The van der Waals surface area contributed by atoms with Crippen molar-refractivity contribution >= 4 is 66.8 Å². The molecule has 1 aliphatic rings. The summed E-state index contributed by atoms with van der Waals surface area (Å²) in [5.41, 5.74) is 4.25. The Morgan fingerprint density at radius 1 is 0.500 bits per heavy atom. The molecule has 1 aliphatic heterocycles. The predicted molar refractivity (Wildman–Crippen MR) is 167 cm³/mol. The van der Waals surface area contributed by atoms with Crippen molar-refractivity contribution in [1.82, 2.24) is 0 Å². The van der Waals surface area contributed by atoms with Gasteiger partial charge in [-0.05, 0) is 94.8 Å². The molecular formula is C36H29BO3. The van der Waals surface area contributed by atoms with Crippen molar-refractivity contribution in [3.63, 3.8) is 0 Å². The number of fused-ring (bicyclic) bond motifs is 9. The Labute approximate surface area is 233 Å². The molecule has 0 atom stereocenters. The van der Waals surface area contributed by atoms with Gasteiger partial charge in [0, 0.05) is 10.8 Å². The van der Waals surface area contributed by atoms with E-state index in [1.54, 1.807) is 0 Å². The first-order valence-corrected chi connectivity index (χ1v) is 14.0. The quantitative estimate of drug-likeness (QED) is 0.168. The molecular weight excluding hydrogens is 491 g/mol. The Morgan fingerprint density at radius 3 is 1.73 bits per heavy atom. The highest BCUT2D eigenvalue weighted by Crippen LogP contribution is 2.41. The second-order valence-corrected chi connectivity index (χ2v) is 12.0. The summed E-state index contributed by atoms with van der Waals surface area (Å²) in [4.78, 5) is 0. The average molecular weight is 520 g/mol. The summed E-state index contributed by atoms with van der Waals surface area (Å²) >= 11 is 0. The molecule has 0 amide bonds. The first-order valence-electron chi connectivity index (χ1n) is 14.0. The van der Waals surface area contributed by atoms with Crippen LogP contribution in [-0.2, 0) is 9.31 Å². The molecule has 1 saturated heterocycles. The third-order valence-corrected chi connectivity index (χ3v) is 9.10. The molecule has 40 heavy (non-hydrogen) atoms. The maximum Gasteiger partial charge on any atom is 0.494 e. The van der Waals surface area contributed by atoms with Crippen LogP contribution in [0.1, 0.15) is 27.7 Å². The van der Waals surface area contributed by atoms with Gasteiger partial charge in [0.15, 0.2) is 0 Å². The van der Waals surface area contributed by atoms with Crippen molar-refractivity contribution in [2.75, 3.05) is 0 Å². The van der Waals surface area contributed by atoms with Crippen LogP contribution in [0.4, 0.5) is 0 Å². The van der Waals surface area contributed by atoms with Crippen molar-refractivity contribution in [3.8, 4) is 11.1 Å². The van der Waals surface area contributed by atoms with E-state index in [1.165, 1.54) is 43.4 Å². The van der Waals surface area contributed by atoms with Crippen molar-refractivity contribution in [2.24, 2.45) is 0 Å². The van der Waals surface area contributed by atoms with Crippen LogP contribution in [-0.4, -0.2) is 18.3 Å². The third-order valence-electron chi connectivity index (χ3n) is 9.10. The van der Waals surface area contributed by atoms with E-state index in [1.807, 2.05) is 0 Å². The van der Waals surface area contributed by atoms with Gasteiger partial charge in [-0.3, -0.25) is 0 Å². The van der Waals surface area contributed by atoms with E-state index >= 15 is 0 Å². The van der Waals surface area contributed by atoms with E-state index in [0.29, 0.717) is 0 Å². The van der Waals surface area contributed by atoms with Crippen LogP contribution in [0.2, 0.25) is 0 Å². The summed E-state index contributed by atoms with van der Waals surface area (Å²) in [6, 6.07) is 36.9. The van der Waals surface area contributed by atoms with E-state index in [4.69, 9.17) is 13.7 Å². The Hall–Kier alpha value is -4.12. The van der Waals surface area contributed by atoms with Crippen LogP contribution in [0.5, 0.6) is 0 Å². The Balaban J connectivity index is 1.32. The van der Waals surface area contributed by atoms with Gasteiger partial charge >= 0.3 is 7.12 Å². The van der Waals surface area contributed by atoms with Gasteiger partial charge in [-0.1, -0.05) is 84.9 Å². The van der Waals surface area contributed by atoms with Crippen molar-refractivity contribution in [2.45, 2.75) is 38.9 Å². The van der Waals surface area contributed by atoms with E-state index in [0.717, 1.165) is 27.4 Å². The topological polar surface area (TPSA) is 31.6 Å². The summed E-state index contributed by atoms with van der Waals surface area (Å²) in [6.45, 7) is 8.31. The molecule has 0 saturated carbocycles. The molecule has 3 nitrogen and oxygen atoms in total. The van der Waals surface area contributed by atoms with E-state index in [-0.39, 0.29) is 11.2 Å². The summed E-state index contributed by atoms with van der Waals surface area (Å²) in [5, 5.41) is 9.88. The number of furan rings is 1. The lowest BCUT2D eigenvalue weighted by atomic mass is 9.79. The van der Waals surface area contributed by atoms with Crippen LogP contribution in [0.25, 0.3) is 65.4 Å². The zero-order chi connectivity index (χ0) is 27.2. The highest BCUT2D eigenvalue weighted by molar-refractivity contribution is 6.62. The van der Waals surface area contributed by atoms with Gasteiger partial charge in [-0.15, -0.1) is 0 Å². The van der Waals surface area contributed by atoms with Gasteiger partial charge in [0.25, 0.3) is 0 Å². The zero-order valence-corrected chi connectivity index (χ0v) is 23.1. The maximum absolute atomic E-state index is 6.42. The minimum Gasteiger partial charge on any atom is -0.456 e. The molecule has 4 heteroatoms. The molecule has 0 spiro atoms. The lowest BCUT2D eigenvalue weighted by Crippen LogP contribution is -2.41. The van der Waals surface area contributed by atoms with Gasteiger partial charge in [0.05, 0.1) is 11.2 Å². The largest absolute Gasteiger partial charge is 0.494 e. The zero-order valence-electron chi connectivity index (χ0n) is 23.1. The second kappa shape index (κ2) is 8.20. The lowest BCUT2D eigenvalue weighted by Gasteiger charge is -2.32. The van der Waals surface area contributed by atoms with Gasteiger partial charge < -0.3 is 13.7 Å². The molecule has 8 rings (SSSR count). The SMILES string of the molecule is CC1(C)OB(c2ccc3c(c2)oc2cccc(-c4ccc5c6ccccc6c6ccccc6c5c4)c23)OC1(C)C. The smallest absolute Gasteiger partial charge is 0.456 e. The van der Waals surface area contributed by atoms with Crippen molar-refractivity contribution < 1.29 is 13.7 Å². The van der Waals surface area contributed by atoms with E-state index < -0.39 is 7.12 Å². The van der Waals surface area contributed by atoms with Crippen molar-refractivity contribution in [1.29, 1.82) is 0 Å². The molecule has 1 aromatic heterocycles. The van der Waals surface area contributed by atoms with Gasteiger partial charge in [0.2, 0.25) is 0 Å². The van der Waals surface area contributed by atoms with Gasteiger partial charge in [-0.2, -0.15) is 0 Å². The molecule has 194 valence electrons. The van der Waals surface area contributed by atoms with E-state index in [2.05, 4.69) is 131 Å². The predicted octanol–water partition coefficient (Wildman–Crippen LogP) is 9.01. The van der Waals surface area contributed by atoms with Crippen LogP contribution >= 0.6 is 0 Å². The Morgan fingerprint density at radius 2 is 1.07 bits per heavy atom. The summed E-state index contributed by atoms with van der Waals surface area (Å²) < 4.78 is 19.0. The van der Waals surface area contributed by atoms with E-state index in [9.17, 15) is 0 Å². The minimum atomic E-state index is -0.425. The monoisotopic (exact) mass is 520 g/mol. The molecule has 0 N–H and O–H groups in total. The number of hydrogen-bond donors (Lipinski definition) is 0. The fourth-order valence-electron chi connectivity index (χ4n) is 6.28. The van der Waals surface area contributed by atoms with Crippen LogP contribution in [0.3, 0.4) is 0 Å². The minimum absolute atomic E-state index is 0.390. The lowest BCUT2D eigenvalue weighted by molar-refractivity contribution is 0.00578. The summed E-state index contributed by atoms with van der Waals surface area (Å²) in [7, 11) is -0.425. The van der Waals surface area contributed by atoms with Crippen LogP contribution in [0, 0.1) is 0 Å². The first-order chi connectivity index (χ1) is 19.3.